The number of nitrogens with one attached hydrogen (secondary N) is 1. The summed E-state index contributed by atoms with van der Waals surface area (Å²) in [6.07, 6.45) is 1.90. The summed E-state index contributed by atoms with van der Waals surface area (Å²) in [5.41, 5.74) is 0.756. The highest BCUT2D eigenvalue weighted by Crippen LogP contribution is 2.21. The standard InChI is InChI=1S/C19H27N3O3S/c1-25-17-6-4-16(5-7-17)20-18(23)14-21-8-2-3-15(13-21)19(24)22-9-11-26-12-10-22/h4-7,15H,2-3,8-14H2,1H3,(H,20,23). The second-order valence-electron chi connectivity index (χ2n) is 6.79. The number of methoxy groups -OCH3 is 1. The largest absolute Gasteiger partial charge is 0.497 e. The number of hydrogen-bond acceptors (Lipinski definition) is 5. The smallest absolute Gasteiger partial charge is 0.238 e. The van der Waals surface area contributed by atoms with Gasteiger partial charge < -0.3 is 15.0 Å². The van der Waals surface area contributed by atoms with Crippen LogP contribution < -0.4 is 10.1 Å². The average Bonchev–Trinajstić information content (AvgIpc) is 2.69. The average molecular weight is 378 g/mol. The number of piperidine rings is 1. The van der Waals surface area contributed by atoms with E-state index in [-0.39, 0.29) is 17.7 Å². The molecule has 0 radical (unpaired) electrons. The monoisotopic (exact) mass is 377 g/mol. The van der Waals surface area contributed by atoms with Crippen LogP contribution in [0.5, 0.6) is 5.75 Å². The van der Waals surface area contributed by atoms with Crippen LogP contribution >= 0.6 is 11.8 Å². The van der Waals surface area contributed by atoms with Gasteiger partial charge in [-0.25, -0.2) is 0 Å². The molecule has 1 unspecified atom stereocenters. The lowest BCUT2D eigenvalue weighted by Gasteiger charge is -2.35. The number of amides is 2. The van der Waals surface area contributed by atoms with Crippen molar-refractivity contribution in [3.8, 4) is 5.75 Å². The molecule has 0 bridgehead atoms. The third-order valence-corrected chi connectivity index (χ3v) is 5.86. The molecular weight excluding hydrogens is 350 g/mol. The minimum Gasteiger partial charge on any atom is -0.497 e. The maximum atomic E-state index is 12.7. The molecule has 142 valence electrons. The summed E-state index contributed by atoms with van der Waals surface area (Å²) >= 11 is 1.91. The van der Waals surface area contributed by atoms with E-state index in [1.807, 2.05) is 40.9 Å². The molecule has 2 amide bonds. The normalized spacial score (nSPS) is 21.3. The number of anilines is 1. The lowest BCUT2D eigenvalue weighted by molar-refractivity contribution is -0.137. The van der Waals surface area contributed by atoms with Gasteiger partial charge in [0.1, 0.15) is 5.75 Å². The molecule has 0 aliphatic carbocycles. The first kappa shape index (κ1) is 19.0. The van der Waals surface area contributed by atoms with Crippen LogP contribution in [-0.4, -0.2) is 73.0 Å². The second-order valence-corrected chi connectivity index (χ2v) is 8.01. The van der Waals surface area contributed by atoms with Crippen molar-refractivity contribution in [3.63, 3.8) is 0 Å². The Kier molecular flexibility index (Phi) is 6.80. The number of carbonyl (C=O) groups excluding carboxylic acids is 2. The molecule has 1 aromatic carbocycles. The molecule has 1 N–H and O–H groups in total. The van der Waals surface area contributed by atoms with Gasteiger partial charge >= 0.3 is 0 Å². The van der Waals surface area contributed by atoms with E-state index in [1.54, 1.807) is 7.11 Å². The van der Waals surface area contributed by atoms with E-state index in [1.165, 1.54) is 0 Å². The molecule has 7 heteroatoms. The van der Waals surface area contributed by atoms with Crippen molar-refractivity contribution >= 4 is 29.3 Å². The molecule has 2 saturated heterocycles. The summed E-state index contributed by atoms with van der Waals surface area (Å²) in [5, 5.41) is 2.91. The predicted molar refractivity (Wildman–Crippen MR) is 105 cm³/mol. The van der Waals surface area contributed by atoms with Crippen LogP contribution in [-0.2, 0) is 9.59 Å². The Morgan fingerprint density at radius 3 is 2.62 bits per heavy atom. The van der Waals surface area contributed by atoms with Crippen molar-refractivity contribution in [1.82, 2.24) is 9.80 Å². The molecule has 1 atom stereocenters. The van der Waals surface area contributed by atoms with Crippen molar-refractivity contribution < 1.29 is 14.3 Å². The molecule has 2 aliphatic rings. The maximum absolute atomic E-state index is 12.7. The van der Waals surface area contributed by atoms with E-state index in [0.717, 1.165) is 55.4 Å². The van der Waals surface area contributed by atoms with Gasteiger partial charge in [0.15, 0.2) is 0 Å². The molecular formula is C19H27N3O3S. The van der Waals surface area contributed by atoms with Gasteiger partial charge in [-0.3, -0.25) is 14.5 Å². The van der Waals surface area contributed by atoms with Gasteiger partial charge in [0.25, 0.3) is 0 Å². The van der Waals surface area contributed by atoms with Crippen LogP contribution in [0.15, 0.2) is 24.3 Å². The summed E-state index contributed by atoms with van der Waals surface area (Å²) in [6, 6.07) is 7.30. The summed E-state index contributed by atoms with van der Waals surface area (Å²) < 4.78 is 5.12. The van der Waals surface area contributed by atoms with E-state index < -0.39 is 0 Å². The SMILES string of the molecule is COc1ccc(NC(=O)CN2CCCC(C(=O)N3CCSCC3)C2)cc1. The number of rotatable bonds is 5. The fraction of sp³-hybridized carbons (Fsp3) is 0.579. The van der Waals surface area contributed by atoms with Crippen LogP contribution in [0.3, 0.4) is 0 Å². The topological polar surface area (TPSA) is 61.9 Å². The zero-order valence-electron chi connectivity index (χ0n) is 15.3. The Morgan fingerprint density at radius 2 is 1.92 bits per heavy atom. The van der Waals surface area contributed by atoms with Crippen LogP contribution in [0.25, 0.3) is 0 Å². The van der Waals surface area contributed by atoms with Crippen LogP contribution in [0.2, 0.25) is 0 Å². The number of hydrogen-bond donors (Lipinski definition) is 1. The van der Waals surface area contributed by atoms with Gasteiger partial charge in [-0.2, -0.15) is 11.8 Å². The Hall–Kier alpha value is -1.73. The number of ether oxygens (including phenoxy) is 1. The van der Waals surface area contributed by atoms with E-state index >= 15 is 0 Å². The Balaban J connectivity index is 1.49. The summed E-state index contributed by atoms with van der Waals surface area (Å²) in [7, 11) is 1.62. The molecule has 6 nitrogen and oxygen atoms in total. The lowest BCUT2D eigenvalue weighted by Crippen LogP contribution is -2.48. The molecule has 1 aromatic rings. The molecule has 2 heterocycles. The zero-order chi connectivity index (χ0) is 18.4. The third kappa shape index (κ3) is 5.14. The molecule has 0 saturated carbocycles. The fourth-order valence-electron chi connectivity index (χ4n) is 3.52. The van der Waals surface area contributed by atoms with Crippen LogP contribution in [0.1, 0.15) is 12.8 Å². The first-order chi connectivity index (χ1) is 12.7. The number of thioether (sulfide) groups is 1. The number of nitrogens with zero attached hydrogens (tertiary/aromatic N) is 2. The van der Waals surface area contributed by atoms with Crippen LogP contribution in [0.4, 0.5) is 5.69 Å². The lowest BCUT2D eigenvalue weighted by atomic mass is 9.96. The summed E-state index contributed by atoms with van der Waals surface area (Å²) in [5.74, 6) is 3.08. The van der Waals surface area contributed by atoms with Crippen molar-refractivity contribution in [1.29, 1.82) is 0 Å². The Morgan fingerprint density at radius 1 is 1.19 bits per heavy atom. The minimum atomic E-state index is -0.0439. The first-order valence-corrected chi connectivity index (χ1v) is 10.3. The van der Waals surface area contributed by atoms with E-state index in [0.29, 0.717) is 13.1 Å². The van der Waals surface area contributed by atoms with Gasteiger partial charge in [-0.05, 0) is 43.7 Å². The summed E-state index contributed by atoms with van der Waals surface area (Å²) in [6.45, 7) is 3.59. The van der Waals surface area contributed by atoms with Crippen molar-refractivity contribution in [2.75, 3.05) is 56.7 Å². The highest BCUT2D eigenvalue weighted by Gasteiger charge is 2.30. The Bertz CT molecular complexity index is 617. The van der Waals surface area contributed by atoms with E-state index in [2.05, 4.69) is 10.2 Å². The molecule has 26 heavy (non-hydrogen) atoms. The molecule has 0 spiro atoms. The number of benzene rings is 1. The zero-order valence-corrected chi connectivity index (χ0v) is 16.1. The third-order valence-electron chi connectivity index (χ3n) is 4.92. The van der Waals surface area contributed by atoms with E-state index in [9.17, 15) is 9.59 Å². The number of carbonyl (C=O) groups is 2. The molecule has 3 rings (SSSR count). The van der Waals surface area contributed by atoms with Crippen molar-refractivity contribution in [2.45, 2.75) is 12.8 Å². The Labute approximate surface area is 159 Å². The number of likely N-dealkylation sites (tertiary alicyclic amines) is 1. The molecule has 2 fully saturated rings. The fourth-order valence-corrected chi connectivity index (χ4v) is 4.42. The minimum absolute atomic E-state index is 0.0284. The summed E-state index contributed by atoms with van der Waals surface area (Å²) in [4.78, 5) is 29.1. The predicted octanol–water partition coefficient (Wildman–Crippen LogP) is 1.92. The second kappa shape index (κ2) is 9.28. The highest BCUT2D eigenvalue weighted by atomic mass is 32.2. The van der Waals surface area contributed by atoms with Gasteiger partial charge in [0.05, 0.1) is 19.6 Å². The van der Waals surface area contributed by atoms with Gasteiger partial charge in [-0.15, -0.1) is 0 Å². The van der Waals surface area contributed by atoms with Crippen molar-refractivity contribution in [2.24, 2.45) is 5.92 Å². The highest BCUT2D eigenvalue weighted by molar-refractivity contribution is 7.99. The van der Waals surface area contributed by atoms with Crippen molar-refractivity contribution in [3.05, 3.63) is 24.3 Å². The van der Waals surface area contributed by atoms with Gasteiger partial charge in [0.2, 0.25) is 11.8 Å². The van der Waals surface area contributed by atoms with Gasteiger partial charge in [-0.1, -0.05) is 0 Å². The van der Waals surface area contributed by atoms with Crippen LogP contribution in [0, 0.1) is 5.92 Å². The van der Waals surface area contributed by atoms with E-state index in [4.69, 9.17) is 4.74 Å². The molecule has 0 aromatic heterocycles. The quantitative estimate of drug-likeness (QED) is 0.850. The molecule has 2 aliphatic heterocycles. The first-order valence-electron chi connectivity index (χ1n) is 9.18. The maximum Gasteiger partial charge on any atom is 0.238 e. The van der Waals surface area contributed by atoms with Gasteiger partial charge in [0, 0.05) is 36.8 Å².